The van der Waals surface area contributed by atoms with Crippen LogP contribution in [0.2, 0.25) is 5.02 Å². The van der Waals surface area contributed by atoms with Crippen molar-refractivity contribution in [1.29, 1.82) is 0 Å². The molecule has 1 aliphatic rings. The lowest BCUT2D eigenvalue weighted by Crippen LogP contribution is -2.43. The summed E-state index contributed by atoms with van der Waals surface area (Å²) in [5, 5.41) is 3.61. The van der Waals surface area contributed by atoms with Crippen molar-refractivity contribution in [3.05, 3.63) is 41.2 Å². The number of anilines is 1. The number of carbonyl (C=O) groups excluding carboxylic acids is 1. The summed E-state index contributed by atoms with van der Waals surface area (Å²) in [5.74, 6) is -0.476. The maximum atomic E-state index is 13.1. The molecule has 1 unspecified atom stereocenters. The second kappa shape index (κ2) is 10.3. The number of rotatable bonds is 7. The molecule has 1 aromatic carbocycles. The molecule has 1 aromatic heterocycles. The number of nitrogens with zero attached hydrogens (tertiary/aromatic N) is 3. The van der Waals surface area contributed by atoms with Crippen LogP contribution < -0.4 is 5.32 Å². The Morgan fingerprint density at radius 3 is 2.65 bits per heavy atom. The van der Waals surface area contributed by atoms with Crippen molar-refractivity contribution in [2.45, 2.75) is 67.8 Å². The average molecular weight is 483 g/mol. The largest absolute Gasteiger partial charge is 0.321 e. The summed E-state index contributed by atoms with van der Waals surface area (Å²) in [4.78, 5) is 21.3. The fourth-order valence-electron chi connectivity index (χ4n) is 3.51. The average Bonchev–Trinajstić information content (AvgIpc) is 2.75. The van der Waals surface area contributed by atoms with Gasteiger partial charge in [-0.25, -0.2) is 18.4 Å². The first kappa shape index (κ1) is 24.0. The quantitative estimate of drug-likeness (QED) is 0.448. The zero-order valence-corrected chi connectivity index (χ0v) is 20.2. The maximum absolute atomic E-state index is 13.1. The molecule has 1 amide bonds. The number of nitrogens with one attached hydrogen (secondary N) is 1. The molecule has 10 heteroatoms. The van der Waals surface area contributed by atoms with Gasteiger partial charge in [0, 0.05) is 23.5 Å². The predicted molar refractivity (Wildman–Crippen MR) is 124 cm³/mol. The van der Waals surface area contributed by atoms with Gasteiger partial charge in [-0.3, -0.25) is 4.79 Å². The molecule has 2 aromatic rings. The van der Waals surface area contributed by atoms with Gasteiger partial charge in [0.1, 0.15) is 0 Å². The molecule has 7 nitrogen and oxygen atoms in total. The molecule has 1 saturated heterocycles. The molecule has 0 saturated carbocycles. The van der Waals surface area contributed by atoms with Crippen LogP contribution in [0.1, 0.15) is 56.9 Å². The number of hydrogen-bond donors (Lipinski definition) is 1. The molecule has 1 atom stereocenters. The predicted octanol–water partition coefficient (Wildman–Crippen LogP) is 4.84. The van der Waals surface area contributed by atoms with Crippen LogP contribution in [0.15, 0.2) is 40.5 Å². The number of benzene rings is 1. The van der Waals surface area contributed by atoms with E-state index < -0.39 is 15.9 Å². The first-order valence-corrected chi connectivity index (χ1v) is 13.0. The first-order chi connectivity index (χ1) is 14.7. The van der Waals surface area contributed by atoms with Crippen LogP contribution in [-0.2, 0) is 10.0 Å². The third-order valence-electron chi connectivity index (χ3n) is 5.04. The van der Waals surface area contributed by atoms with E-state index >= 15 is 0 Å². The van der Waals surface area contributed by atoms with Gasteiger partial charge in [0.05, 0.1) is 16.1 Å². The summed E-state index contributed by atoms with van der Waals surface area (Å²) in [6.07, 6.45) is 5.02. The fraction of sp³-hybridized carbons (Fsp3) is 0.476. The Kier molecular flexibility index (Phi) is 7.96. The Labute approximate surface area is 193 Å². The molecule has 0 aliphatic carbocycles. The van der Waals surface area contributed by atoms with Crippen LogP contribution in [0, 0.1) is 0 Å². The second-order valence-corrected chi connectivity index (χ2v) is 11.5. The summed E-state index contributed by atoms with van der Waals surface area (Å²) in [6.45, 7) is 6.57. The first-order valence-electron chi connectivity index (χ1n) is 10.3. The molecule has 1 aliphatic heterocycles. The summed E-state index contributed by atoms with van der Waals surface area (Å²) >= 11 is 7.55. The number of hydrogen-bond acceptors (Lipinski definition) is 6. The number of thioether (sulfide) groups is 1. The zero-order valence-electron chi connectivity index (χ0n) is 17.8. The van der Waals surface area contributed by atoms with Crippen molar-refractivity contribution < 1.29 is 13.2 Å². The normalized spacial score (nSPS) is 17.6. The van der Waals surface area contributed by atoms with Crippen LogP contribution in [0.5, 0.6) is 0 Å². The lowest BCUT2D eigenvalue weighted by Gasteiger charge is -2.34. The van der Waals surface area contributed by atoms with Crippen molar-refractivity contribution in [3.63, 3.8) is 0 Å². The van der Waals surface area contributed by atoms with Crippen LogP contribution in [0.4, 0.5) is 5.69 Å². The molecule has 3 rings (SSSR count). The van der Waals surface area contributed by atoms with E-state index in [-0.39, 0.29) is 26.9 Å². The van der Waals surface area contributed by atoms with Gasteiger partial charge >= 0.3 is 0 Å². The molecule has 0 spiro atoms. The van der Waals surface area contributed by atoms with E-state index in [1.807, 2.05) is 20.8 Å². The highest BCUT2D eigenvalue weighted by Gasteiger charge is 2.32. The second-order valence-electron chi connectivity index (χ2n) is 7.67. The van der Waals surface area contributed by atoms with Crippen molar-refractivity contribution >= 4 is 45.0 Å². The molecule has 0 bridgehead atoms. The van der Waals surface area contributed by atoms with E-state index in [4.69, 9.17) is 11.6 Å². The monoisotopic (exact) mass is 482 g/mol. The minimum Gasteiger partial charge on any atom is -0.321 e. The van der Waals surface area contributed by atoms with Crippen LogP contribution >= 0.6 is 23.4 Å². The molecule has 2 heterocycles. The third kappa shape index (κ3) is 5.77. The Hall–Kier alpha value is -1.68. The highest BCUT2D eigenvalue weighted by Crippen LogP contribution is 2.28. The minimum absolute atomic E-state index is 0.0379. The van der Waals surface area contributed by atoms with Gasteiger partial charge in [0.25, 0.3) is 5.91 Å². The molecule has 1 N–H and O–H groups in total. The molecule has 168 valence electrons. The van der Waals surface area contributed by atoms with E-state index in [2.05, 4.69) is 15.3 Å². The van der Waals surface area contributed by atoms with Gasteiger partial charge in [-0.15, -0.1) is 0 Å². The van der Waals surface area contributed by atoms with E-state index in [0.717, 1.165) is 25.7 Å². The minimum atomic E-state index is -3.57. The number of aromatic nitrogens is 2. The Balaban J connectivity index is 1.76. The molecular formula is C21H27ClN4O3S2. The summed E-state index contributed by atoms with van der Waals surface area (Å²) in [6, 6.07) is 6.24. The highest BCUT2D eigenvalue weighted by atomic mass is 35.5. The number of amides is 1. The summed E-state index contributed by atoms with van der Waals surface area (Å²) < 4.78 is 27.8. The highest BCUT2D eigenvalue weighted by molar-refractivity contribution is 7.99. The smallest absolute Gasteiger partial charge is 0.275 e. The number of halogens is 1. The van der Waals surface area contributed by atoms with Gasteiger partial charge in [-0.1, -0.05) is 50.6 Å². The van der Waals surface area contributed by atoms with Gasteiger partial charge < -0.3 is 5.32 Å². The zero-order chi connectivity index (χ0) is 22.6. The fourth-order valence-corrected chi connectivity index (χ4v) is 6.14. The van der Waals surface area contributed by atoms with Gasteiger partial charge in [0.2, 0.25) is 10.0 Å². The summed E-state index contributed by atoms with van der Waals surface area (Å²) in [7, 11) is -3.57. The Morgan fingerprint density at radius 2 is 2.00 bits per heavy atom. The van der Waals surface area contributed by atoms with Gasteiger partial charge in [-0.2, -0.15) is 4.31 Å². The van der Waals surface area contributed by atoms with E-state index in [1.165, 1.54) is 30.1 Å². The standard InChI is InChI=1S/C21H27ClN4O3S2/c1-4-16-7-5-6-12-26(16)31(28,29)17-10-8-15(9-11-17)24-20(27)19-18(22)13-23-21(25-19)30-14(2)3/h8-11,13-14,16H,4-7,12H2,1-3H3,(H,24,27). The number of carbonyl (C=O) groups is 1. The third-order valence-corrected chi connectivity index (χ3v) is 8.16. The Morgan fingerprint density at radius 1 is 1.29 bits per heavy atom. The van der Waals surface area contributed by atoms with E-state index in [1.54, 1.807) is 16.4 Å². The van der Waals surface area contributed by atoms with Crippen LogP contribution in [0.3, 0.4) is 0 Å². The number of piperidine rings is 1. The van der Waals surface area contributed by atoms with Gasteiger partial charge in [-0.05, 0) is 43.5 Å². The van der Waals surface area contributed by atoms with Crippen molar-refractivity contribution in [2.24, 2.45) is 0 Å². The van der Waals surface area contributed by atoms with Crippen molar-refractivity contribution in [3.8, 4) is 0 Å². The van der Waals surface area contributed by atoms with Crippen LogP contribution in [-0.4, -0.2) is 46.4 Å². The van der Waals surface area contributed by atoms with Crippen LogP contribution in [0.25, 0.3) is 0 Å². The molecular weight excluding hydrogens is 456 g/mol. The van der Waals surface area contributed by atoms with Crippen molar-refractivity contribution in [1.82, 2.24) is 14.3 Å². The van der Waals surface area contributed by atoms with E-state index in [0.29, 0.717) is 17.4 Å². The lowest BCUT2D eigenvalue weighted by atomic mass is 10.0. The summed E-state index contributed by atoms with van der Waals surface area (Å²) in [5.41, 5.74) is 0.540. The maximum Gasteiger partial charge on any atom is 0.275 e. The van der Waals surface area contributed by atoms with Crippen molar-refractivity contribution in [2.75, 3.05) is 11.9 Å². The molecule has 1 fully saturated rings. The topological polar surface area (TPSA) is 92.3 Å². The SMILES string of the molecule is CCC1CCCCN1S(=O)(=O)c1ccc(NC(=O)c2nc(SC(C)C)ncc2Cl)cc1. The molecule has 0 radical (unpaired) electrons. The van der Waals surface area contributed by atoms with Gasteiger partial charge in [0.15, 0.2) is 10.9 Å². The van der Waals surface area contributed by atoms with E-state index in [9.17, 15) is 13.2 Å². The lowest BCUT2D eigenvalue weighted by molar-refractivity contribution is 0.102. The number of sulfonamides is 1. The molecule has 31 heavy (non-hydrogen) atoms. The Bertz CT molecular complexity index is 1030.